The largest absolute Gasteiger partial charge is 0.408 e. The molecule has 0 saturated carbocycles. The van der Waals surface area contributed by atoms with Gasteiger partial charge in [0.05, 0.1) is 5.60 Å². The molecular weight excluding hydrogens is 343 g/mol. The Morgan fingerprint density at radius 2 is 1.76 bits per heavy atom. The van der Waals surface area contributed by atoms with Crippen molar-refractivity contribution in [2.75, 3.05) is 0 Å². The summed E-state index contributed by atoms with van der Waals surface area (Å²) in [5.41, 5.74) is 0.668. The quantitative estimate of drug-likeness (QED) is 0.400. The van der Waals surface area contributed by atoms with E-state index in [0.717, 1.165) is 11.9 Å². The number of carbonyl (C=O) groups excluding carboxylic acids is 1. The zero-order valence-electron chi connectivity index (χ0n) is 12.1. The van der Waals surface area contributed by atoms with E-state index < -0.39 is 13.9 Å². The van der Waals surface area contributed by atoms with Gasteiger partial charge >= 0.3 is 0 Å². The van der Waals surface area contributed by atoms with E-state index in [1.807, 2.05) is 17.9 Å². The van der Waals surface area contributed by atoms with Gasteiger partial charge in [0, 0.05) is 6.42 Å². The van der Waals surface area contributed by atoms with Crippen LogP contribution < -0.4 is 0 Å². The molecule has 0 aliphatic heterocycles. The van der Waals surface area contributed by atoms with Gasteiger partial charge in [0.2, 0.25) is 0 Å². The third-order valence-corrected chi connectivity index (χ3v) is 9.26. The summed E-state index contributed by atoms with van der Waals surface area (Å²) in [6.07, 6.45) is 1.38. The minimum atomic E-state index is -1.86. The molecule has 0 unspecified atom stereocenters. The topological polar surface area (TPSA) is 26.3 Å². The highest BCUT2D eigenvalue weighted by Gasteiger charge is 2.43. The van der Waals surface area contributed by atoms with Gasteiger partial charge in [0.25, 0.3) is 0 Å². The molecule has 17 heavy (non-hydrogen) atoms. The van der Waals surface area contributed by atoms with Crippen molar-refractivity contribution in [1.29, 1.82) is 0 Å². The van der Waals surface area contributed by atoms with E-state index >= 15 is 0 Å². The van der Waals surface area contributed by atoms with Crippen LogP contribution in [-0.2, 0) is 9.22 Å². The average Bonchev–Trinajstić information content (AvgIpc) is 2.14. The third kappa shape index (κ3) is 4.48. The molecule has 0 aromatic rings. The molecule has 0 aromatic carbocycles. The van der Waals surface area contributed by atoms with Crippen LogP contribution in [-0.4, -0.2) is 20.2 Å². The van der Waals surface area contributed by atoms with Crippen molar-refractivity contribution < 1.29 is 9.22 Å². The molecule has 0 rings (SSSR count). The van der Waals surface area contributed by atoms with Crippen LogP contribution in [0.1, 0.15) is 41.0 Å². The van der Waals surface area contributed by atoms with Crippen LogP contribution in [0.4, 0.5) is 0 Å². The maximum Gasteiger partial charge on any atom is 0.193 e. The molecule has 0 amide bonds. The zero-order chi connectivity index (χ0) is 13.9. The summed E-state index contributed by atoms with van der Waals surface area (Å²) in [5, 5.41) is 0.155. The van der Waals surface area contributed by atoms with Gasteiger partial charge in [-0.2, -0.15) is 0 Å². The molecule has 0 fully saturated rings. The van der Waals surface area contributed by atoms with Crippen LogP contribution in [0.25, 0.3) is 0 Å². The Labute approximate surface area is 120 Å². The summed E-state index contributed by atoms with van der Waals surface area (Å²) in [7, 11) is -1.86. The molecule has 0 aliphatic carbocycles. The lowest BCUT2D eigenvalue weighted by atomic mass is 9.96. The van der Waals surface area contributed by atoms with Crippen LogP contribution in [0.2, 0.25) is 18.1 Å². The predicted molar refractivity (Wildman–Crippen MR) is 85.1 cm³/mol. The highest BCUT2D eigenvalue weighted by Crippen LogP contribution is 2.41. The first kappa shape index (κ1) is 17.3. The molecule has 0 N–H and O–H groups in total. The van der Waals surface area contributed by atoms with Crippen molar-refractivity contribution in [3.8, 4) is 0 Å². The van der Waals surface area contributed by atoms with Gasteiger partial charge < -0.3 is 9.22 Å². The van der Waals surface area contributed by atoms with Crippen LogP contribution in [0.15, 0.2) is 9.66 Å². The monoisotopic (exact) mass is 368 g/mol. The summed E-state index contributed by atoms with van der Waals surface area (Å²) in [5.74, 6) is 0. The summed E-state index contributed by atoms with van der Waals surface area (Å²) in [4.78, 5) is 10.9. The molecule has 0 spiro atoms. The molecular formula is C13H25IO2Si. The average molecular weight is 368 g/mol. The highest BCUT2D eigenvalue weighted by atomic mass is 127. The third-order valence-electron chi connectivity index (χ3n) is 3.76. The Morgan fingerprint density at radius 3 is 2.06 bits per heavy atom. The van der Waals surface area contributed by atoms with E-state index in [-0.39, 0.29) is 5.04 Å². The molecule has 0 saturated heterocycles. The fraction of sp³-hybridized carbons (Fsp3) is 0.769. The lowest BCUT2D eigenvalue weighted by molar-refractivity contribution is -0.110. The molecule has 0 aromatic heterocycles. The normalized spacial score (nSPS) is 17.8. The van der Waals surface area contributed by atoms with Crippen molar-refractivity contribution in [1.82, 2.24) is 0 Å². The van der Waals surface area contributed by atoms with Gasteiger partial charge in [-0.05, 0) is 41.6 Å². The first-order valence-corrected chi connectivity index (χ1v) is 10.1. The number of halogens is 1. The van der Waals surface area contributed by atoms with Crippen LogP contribution >= 0.6 is 22.6 Å². The Hall–Kier alpha value is 0.317. The summed E-state index contributed by atoms with van der Waals surface area (Å²) >= 11 is 2.21. The Kier molecular flexibility index (Phi) is 6.08. The second-order valence-corrected chi connectivity index (χ2v) is 11.6. The van der Waals surface area contributed by atoms with Gasteiger partial charge in [0.15, 0.2) is 8.32 Å². The van der Waals surface area contributed by atoms with Crippen molar-refractivity contribution >= 4 is 37.2 Å². The summed E-state index contributed by atoms with van der Waals surface area (Å²) in [6, 6.07) is 0. The van der Waals surface area contributed by atoms with Crippen molar-refractivity contribution in [3.05, 3.63) is 9.66 Å². The van der Waals surface area contributed by atoms with Crippen molar-refractivity contribution in [2.45, 2.75) is 64.8 Å². The van der Waals surface area contributed by atoms with E-state index in [1.54, 1.807) is 0 Å². The van der Waals surface area contributed by atoms with Gasteiger partial charge in [-0.1, -0.05) is 43.4 Å². The Bertz CT molecular complexity index is 305. The van der Waals surface area contributed by atoms with Gasteiger partial charge in [-0.25, -0.2) is 0 Å². The minimum Gasteiger partial charge on any atom is -0.408 e. The van der Waals surface area contributed by atoms with Crippen LogP contribution in [0.3, 0.4) is 0 Å². The molecule has 100 valence electrons. The maximum absolute atomic E-state index is 10.9. The molecule has 2 nitrogen and oxygen atoms in total. The standard InChI is InChI=1S/C13H25IO2Si/c1-11(10-14)13(5,8-9-15)16-17(6,7)12(2,3)4/h9-10H,8H2,1-7H3/b11-10+/t13-/m1/s1. The Balaban J connectivity index is 5.21. The zero-order valence-corrected chi connectivity index (χ0v) is 15.2. The van der Waals surface area contributed by atoms with Gasteiger partial charge in [-0.15, -0.1) is 0 Å². The molecule has 0 radical (unpaired) electrons. The highest BCUT2D eigenvalue weighted by molar-refractivity contribution is 14.1. The van der Waals surface area contributed by atoms with E-state index in [2.05, 4.69) is 56.5 Å². The Morgan fingerprint density at radius 1 is 1.29 bits per heavy atom. The van der Waals surface area contributed by atoms with E-state index in [4.69, 9.17) is 4.43 Å². The number of carbonyl (C=O) groups is 1. The maximum atomic E-state index is 10.9. The second-order valence-electron chi connectivity index (χ2n) is 6.26. The summed E-state index contributed by atoms with van der Waals surface area (Å²) < 4.78 is 8.43. The van der Waals surface area contributed by atoms with Gasteiger partial charge in [0.1, 0.15) is 6.29 Å². The molecule has 1 atom stereocenters. The van der Waals surface area contributed by atoms with E-state index in [9.17, 15) is 4.79 Å². The minimum absolute atomic E-state index is 0.155. The van der Waals surface area contributed by atoms with Crippen LogP contribution in [0.5, 0.6) is 0 Å². The molecule has 0 heterocycles. The first-order valence-electron chi connectivity index (χ1n) is 5.91. The molecule has 4 heteroatoms. The van der Waals surface area contributed by atoms with E-state index in [0.29, 0.717) is 6.42 Å². The van der Waals surface area contributed by atoms with Crippen molar-refractivity contribution in [3.63, 3.8) is 0 Å². The second kappa shape index (κ2) is 5.97. The lowest BCUT2D eigenvalue weighted by Crippen LogP contribution is -2.49. The SMILES string of the molecule is C/C(=C\I)[C@@](C)(CC=O)O[Si](C)(C)C(C)(C)C. The number of rotatable bonds is 5. The molecule has 0 bridgehead atoms. The fourth-order valence-electron chi connectivity index (χ4n) is 1.27. The predicted octanol–water partition coefficient (Wildman–Crippen LogP) is 4.69. The smallest absolute Gasteiger partial charge is 0.193 e. The first-order chi connectivity index (χ1) is 7.50. The number of hydrogen-bond donors (Lipinski definition) is 0. The van der Waals surface area contributed by atoms with Crippen molar-refractivity contribution in [2.24, 2.45) is 0 Å². The molecule has 0 aliphatic rings. The van der Waals surface area contributed by atoms with Crippen LogP contribution in [0, 0.1) is 0 Å². The number of hydrogen-bond acceptors (Lipinski definition) is 2. The fourth-order valence-corrected chi connectivity index (χ4v) is 3.61. The lowest BCUT2D eigenvalue weighted by Gasteiger charge is -2.44. The summed E-state index contributed by atoms with van der Waals surface area (Å²) in [6.45, 7) is 15.1. The number of aldehydes is 1. The van der Waals surface area contributed by atoms with E-state index in [1.165, 1.54) is 0 Å². The van der Waals surface area contributed by atoms with Gasteiger partial charge in [-0.3, -0.25) is 0 Å².